The Morgan fingerprint density at radius 3 is 2.55 bits per heavy atom. The molecule has 0 amide bonds. The van der Waals surface area contributed by atoms with E-state index in [2.05, 4.69) is 33.4 Å². The molecule has 0 aromatic rings. The molecule has 0 spiro atoms. The minimum absolute atomic E-state index is 0.163. The maximum absolute atomic E-state index is 13.0. The summed E-state index contributed by atoms with van der Waals surface area (Å²) in [4.78, 5) is 13.0. The van der Waals surface area contributed by atoms with Crippen molar-refractivity contribution in [2.75, 3.05) is 0 Å². The van der Waals surface area contributed by atoms with Crippen molar-refractivity contribution in [3.63, 3.8) is 0 Å². The van der Waals surface area contributed by atoms with Crippen LogP contribution in [-0.2, 0) is 4.79 Å². The van der Waals surface area contributed by atoms with Gasteiger partial charge in [-0.3, -0.25) is 4.79 Å². The first-order valence-electron chi connectivity index (χ1n) is 8.73. The quantitative estimate of drug-likeness (QED) is 0.734. The Bertz CT molecular complexity index is 544. The van der Waals surface area contributed by atoms with Gasteiger partial charge in [-0.1, -0.05) is 32.9 Å². The minimum atomic E-state index is -0.416. The molecule has 1 N–H and O–H groups in total. The zero-order valence-electron chi connectivity index (χ0n) is 14.5. The molecule has 0 saturated heterocycles. The van der Waals surface area contributed by atoms with E-state index in [1.54, 1.807) is 0 Å². The maximum Gasteiger partial charge on any atom is 0.168 e. The van der Waals surface area contributed by atoms with Gasteiger partial charge in [0.05, 0.1) is 6.10 Å². The summed E-state index contributed by atoms with van der Waals surface area (Å²) in [6.07, 6.45) is 8.42. The third-order valence-electron chi connectivity index (χ3n) is 7.36. The van der Waals surface area contributed by atoms with E-state index in [-0.39, 0.29) is 28.6 Å². The van der Waals surface area contributed by atoms with Gasteiger partial charge in [0.15, 0.2) is 5.78 Å². The lowest BCUT2D eigenvalue weighted by Crippen LogP contribution is -2.58. The zero-order chi connectivity index (χ0) is 16.3. The second-order valence-electron chi connectivity index (χ2n) is 8.90. The molecule has 2 saturated carbocycles. The number of carbonyl (C=O) groups excluding carboxylic acids is 1. The highest BCUT2D eigenvalue weighted by Gasteiger charge is 2.59. The van der Waals surface area contributed by atoms with Crippen LogP contribution in [0, 0.1) is 28.1 Å². The van der Waals surface area contributed by atoms with Crippen LogP contribution in [0.25, 0.3) is 0 Å². The first kappa shape index (κ1) is 16.0. The Kier molecular flexibility index (Phi) is 3.49. The van der Waals surface area contributed by atoms with Crippen molar-refractivity contribution < 1.29 is 9.90 Å². The van der Waals surface area contributed by atoms with E-state index in [0.29, 0.717) is 5.92 Å². The van der Waals surface area contributed by atoms with E-state index < -0.39 is 5.41 Å². The van der Waals surface area contributed by atoms with Gasteiger partial charge >= 0.3 is 0 Å². The Morgan fingerprint density at radius 2 is 1.91 bits per heavy atom. The first-order chi connectivity index (χ1) is 10.2. The number of rotatable bonds is 1. The van der Waals surface area contributed by atoms with Gasteiger partial charge < -0.3 is 5.11 Å². The second kappa shape index (κ2) is 4.80. The van der Waals surface area contributed by atoms with Crippen LogP contribution in [0.4, 0.5) is 0 Å². The molecule has 2 fully saturated rings. The third-order valence-corrected chi connectivity index (χ3v) is 7.36. The largest absolute Gasteiger partial charge is 0.393 e. The summed E-state index contributed by atoms with van der Waals surface area (Å²) in [7, 11) is 0. The molecule has 2 nitrogen and oxygen atoms in total. The predicted molar refractivity (Wildman–Crippen MR) is 89.4 cm³/mol. The topological polar surface area (TPSA) is 37.3 Å². The van der Waals surface area contributed by atoms with Gasteiger partial charge in [-0.25, -0.2) is 0 Å². The first-order valence-corrected chi connectivity index (χ1v) is 8.73. The number of fused-ring (bicyclic) bond motifs is 3. The molecular formula is C20H30O2. The highest BCUT2D eigenvalue weighted by Crippen LogP contribution is 2.62. The van der Waals surface area contributed by atoms with Gasteiger partial charge in [-0.15, -0.1) is 6.58 Å². The van der Waals surface area contributed by atoms with Crippen LogP contribution in [-0.4, -0.2) is 17.0 Å². The summed E-state index contributed by atoms with van der Waals surface area (Å²) in [5, 5.41) is 10.8. The number of allylic oxidation sites excluding steroid dienone is 3. The average Bonchev–Trinajstić information content (AvgIpc) is 2.47. The van der Waals surface area contributed by atoms with Crippen LogP contribution in [0.2, 0.25) is 0 Å². The molecule has 22 heavy (non-hydrogen) atoms. The van der Waals surface area contributed by atoms with Crippen molar-refractivity contribution in [2.24, 2.45) is 28.1 Å². The Balaban J connectivity index is 2.06. The summed E-state index contributed by atoms with van der Waals surface area (Å²) in [5.74, 6) is 0.911. The lowest BCUT2D eigenvalue weighted by atomic mass is 9.45. The van der Waals surface area contributed by atoms with Crippen molar-refractivity contribution in [1.82, 2.24) is 0 Å². The highest BCUT2D eigenvalue weighted by atomic mass is 16.3. The maximum atomic E-state index is 13.0. The van der Waals surface area contributed by atoms with Crippen LogP contribution in [0.1, 0.15) is 59.8 Å². The number of hydrogen-bond acceptors (Lipinski definition) is 2. The molecule has 3 aliphatic rings. The fourth-order valence-electron chi connectivity index (χ4n) is 5.64. The SMILES string of the molecule is C=C[C@@]1(C)CC[C@H]2C(=CC[C@H]3C(C)(C)CC[C@@H](O)[C@]23C)C1=O. The lowest BCUT2D eigenvalue weighted by Gasteiger charge is -2.60. The summed E-state index contributed by atoms with van der Waals surface area (Å²) in [6, 6.07) is 0. The van der Waals surface area contributed by atoms with E-state index in [9.17, 15) is 9.90 Å². The van der Waals surface area contributed by atoms with E-state index in [1.165, 1.54) is 0 Å². The van der Waals surface area contributed by atoms with Gasteiger partial charge in [0.25, 0.3) is 0 Å². The van der Waals surface area contributed by atoms with Crippen molar-refractivity contribution in [1.29, 1.82) is 0 Å². The molecule has 122 valence electrons. The van der Waals surface area contributed by atoms with Gasteiger partial charge in [-0.2, -0.15) is 0 Å². The summed E-state index contributed by atoms with van der Waals surface area (Å²) in [6.45, 7) is 12.8. The number of carbonyl (C=O) groups is 1. The number of Topliss-reactive ketones (excluding diaryl/α,β-unsaturated/α-hetero) is 1. The predicted octanol–water partition coefficient (Wildman–Crippen LogP) is 4.29. The van der Waals surface area contributed by atoms with Crippen molar-refractivity contribution in [2.45, 2.75) is 65.9 Å². The van der Waals surface area contributed by atoms with Crippen LogP contribution in [0.5, 0.6) is 0 Å². The average molecular weight is 302 g/mol. The molecule has 3 rings (SSSR count). The smallest absolute Gasteiger partial charge is 0.168 e. The fourth-order valence-corrected chi connectivity index (χ4v) is 5.64. The van der Waals surface area contributed by atoms with Crippen molar-refractivity contribution in [3.8, 4) is 0 Å². The lowest BCUT2D eigenvalue weighted by molar-refractivity contribution is -0.145. The van der Waals surface area contributed by atoms with E-state index in [0.717, 1.165) is 37.7 Å². The second-order valence-corrected chi connectivity index (χ2v) is 8.90. The normalized spacial score (nSPS) is 47.2. The molecule has 0 heterocycles. The fraction of sp³-hybridized carbons (Fsp3) is 0.750. The molecule has 2 heteroatoms. The van der Waals surface area contributed by atoms with Crippen LogP contribution < -0.4 is 0 Å². The summed E-state index contributed by atoms with van der Waals surface area (Å²) < 4.78 is 0. The van der Waals surface area contributed by atoms with Crippen LogP contribution >= 0.6 is 0 Å². The molecule has 0 unspecified atom stereocenters. The van der Waals surface area contributed by atoms with Gasteiger partial charge in [0, 0.05) is 10.8 Å². The molecule has 0 radical (unpaired) electrons. The Morgan fingerprint density at radius 1 is 1.23 bits per heavy atom. The Labute approximate surface area is 134 Å². The van der Waals surface area contributed by atoms with Gasteiger partial charge in [0.2, 0.25) is 0 Å². The Hall–Kier alpha value is -0.890. The summed E-state index contributed by atoms with van der Waals surface area (Å²) >= 11 is 0. The highest BCUT2D eigenvalue weighted by molar-refractivity contribution is 6.02. The van der Waals surface area contributed by atoms with Gasteiger partial charge in [0.1, 0.15) is 0 Å². The van der Waals surface area contributed by atoms with E-state index >= 15 is 0 Å². The molecule has 0 bridgehead atoms. The molecule has 0 aromatic carbocycles. The zero-order valence-corrected chi connectivity index (χ0v) is 14.5. The standard InChI is InChI=1S/C20H30O2/c1-6-19(4)12-9-14-13(17(19)22)7-8-15-18(2,3)11-10-16(21)20(14,15)5/h6-7,14-16,21H,1,8-12H2,2-5H3/t14-,15-,16+,19-,20+/m0/s1. The van der Waals surface area contributed by atoms with Gasteiger partial charge in [-0.05, 0) is 61.9 Å². The van der Waals surface area contributed by atoms with Crippen LogP contribution in [0.15, 0.2) is 24.3 Å². The molecule has 0 aliphatic heterocycles. The molecule has 3 aliphatic carbocycles. The van der Waals surface area contributed by atoms with Crippen molar-refractivity contribution >= 4 is 5.78 Å². The van der Waals surface area contributed by atoms with Crippen LogP contribution in [0.3, 0.4) is 0 Å². The molecule has 0 aromatic heterocycles. The molecular weight excluding hydrogens is 272 g/mol. The molecule has 5 atom stereocenters. The monoisotopic (exact) mass is 302 g/mol. The van der Waals surface area contributed by atoms with E-state index in [1.807, 2.05) is 13.0 Å². The summed E-state index contributed by atoms with van der Waals surface area (Å²) in [5.41, 5.74) is 0.632. The number of aliphatic hydroxyl groups excluding tert-OH is 1. The van der Waals surface area contributed by atoms with E-state index in [4.69, 9.17) is 0 Å². The number of hydrogen-bond donors (Lipinski definition) is 1. The number of ketones is 1. The number of aliphatic hydroxyl groups is 1. The third kappa shape index (κ3) is 1.92. The van der Waals surface area contributed by atoms with Crippen molar-refractivity contribution in [3.05, 3.63) is 24.3 Å². The minimum Gasteiger partial charge on any atom is -0.393 e.